The number of aromatic nitrogens is 4. The van der Waals surface area contributed by atoms with Crippen molar-refractivity contribution in [3.63, 3.8) is 0 Å². The molecule has 0 aromatic carbocycles. The van der Waals surface area contributed by atoms with Crippen LogP contribution in [0, 0.1) is 13.8 Å². The first-order valence-corrected chi connectivity index (χ1v) is 9.66. The predicted molar refractivity (Wildman–Crippen MR) is 97.4 cm³/mol. The van der Waals surface area contributed by atoms with Gasteiger partial charge in [0.2, 0.25) is 0 Å². The second-order valence-electron chi connectivity index (χ2n) is 6.78. The summed E-state index contributed by atoms with van der Waals surface area (Å²) in [4.78, 5) is 24.1. The second-order valence-corrected chi connectivity index (χ2v) is 7.86. The molecule has 6 nitrogen and oxygen atoms in total. The molecule has 27 heavy (non-hydrogen) atoms. The molecule has 0 aliphatic carbocycles. The number of rotatable bonds is 3. The Bertz CT molecular complexity index is 991. The zero-order valence-electron chi connectivity index (χ0n) is 15.0. The number of aryl methyl sites for hydroxylation is 1. The van der Waals surface area contributed by atoms with Crippen molar-refractivity contribution in [1.82, 2.24) is 24.5 Å². The Hall–Kier alpha value is -2.42. The first-order valence-electron chi connectivity index (χ1n) is 8.78. The minimum absolute atomic E-state index is 0.0264. The molecule has 1 fully saturated rings. The summed E-state index contributed by atoms with van der Waals surface area (Å²) in [6.45, 7) is 5.15. The molecule has 1 aliphatic heterocycles. The molecule has 4 rings (SSSR count). The lowest BCUT2D eigenvalue weighted by Gasteiger charge is -2.32. The van der Waals surface area contributed by atoms with E-state index < -0.39 is 6.43 Å². The van der Waals surface area contributed by atoms with Crippen molar-refractivity contribution in [2.75, 3.05) is 13.1 Å². The molecular weight excluding hydrogens is 372 g/mol. The van der Waals surface area contributed by atoms with Crippen LogP contribution in [-0.2, 0) is 0 Å². The van der Waals surface area contributed by atoms with E-state index in [4.69, 9.17) is 0 Å². The molecule has 4 heterocycles. The highest BCUT2D eigenvalue weighted by molar-refractivity contribution is 7.10. The molecule has 0 N–H and O–H groups in total. The standard InChI is InChI=1S/C18H19F2N5OS/c1-10-11(2)27-8-13(10)17(26)24-5-3-12(4-6-24)14-7-15(16(19)20)25-18(23-14)21-9-22-25/h7-9,12,16H,3-6H2,1-2H3. The zero-order valence-corrected chi connectivity index (χ0v) is 15.8. The quantitative estimate of drug-likeness (QED) is 0.682. The van der Waals surface area contributed by atoms with E-state index in [2.05, 4.69) is 15.1 Å². The van der Waals surface area contributed by atoms with Crippen molar-refractivity contribution in [3.8, 4) is 0 Å². The highest BCUT2D eigenvalue weighted by atomic mass is 32.1. The molecule has 0 radical (unpaired) electrons. The molecule has 0 saturated carbocycles. The summed E-state index contributed by atoms with van der Waals surface area (Å²) in [5, 5.41) is 5.73. The lowest BCUT2D eigenvalue weighted by Crippen LogP contribution is -2.38. The minimum atomic E-state index is -2.65. The maximum atomic E-state index is 13.3. The lowest BCUT2D eigenvalue weighted by molar-refractivity contribution is 0.0712. The van der Waals surface area contributed by atoms with E-state index in [0.29, 0.717) is 31.6 Å². The summed E-state index contributed by atoms with van der Waals surface area (Å²) in [7, 11) is 0. The maximum absolute atomic E-state index is 13.3. The molecule has 3 aromatic rings. The van der Waals surface area contributed by atoms with E-state index in [0.717, 1.165) is 20.5 Å². The van der Waals surface area contributed by atoms with Crippen LogP contribution in [0.25, 0.3) is 5.78 Å². The van der Waals surface area contributed by atoms with Gasteiger partial charge in [0.05, 0.1) is 5.56 Å². The van der Waals surface area contributed by atoms with Crippen LogP contribution in [0.2, 0.25) is 0 Å². The van der Waals surface area contributed by atoms with Crippen LogP contribution in [0.1, 0.15) is 57.4 Å². The number of thiophene rings is 1. The summed E-state index contributed by atoms with van der Waals surface area (Å²) in [5.74, 6) is 0.258. The highest BCUT2D eigenvalue weighted by Crippen LogP contribution is 2.31. The number of likely N-dealkylation sites (tertiary alicyclic amines) is 1. The van der Waals surface area contributed by atoms with Gasteiger partial charge in [-0.2, -0.15) is 14.6 Å². The van der Waals surface area contributed by atoms with E-state index in [1.165, 1.54) is 12.4 Å². The van der Waals surface area contributed by atoms with Crippen molar-refractivity contribution >= 4 is 23.0 Å². The van der Waals surface area contributed by atoms with Crippen molar-refractivity contribution in [2.24, 2.45) is 0 Å². The Balaban J connectivity index is 1.52. The summed E-state index contributed by atoms with van der Waals surface area (Å²) in [6.07, 6.45) is -0.0471. The SMILES string of the molecule is Cc1scc(C(=O)N2CCC(c3cc(C(F)F)n4ncnc4n3)CC2)c1C. The number of piperidine rings is 1. The molecular formula is C18H19F2N5OS. The fourth-order valence-electron chi connectivity index (χ4n) is 3.49. The summed E-state index contributed by atoms with van der Waals surface area (Å²) in [6, 6.07) is 1.42. The molecule has 142 valence electrons. The van der Waals surface area contributed by atoms with Crippen molar-refractivity contribution in [2.45, 2.75) is 39.0 Å². The fraction of sp³-hybridized carbons (Fsp3) is 0.444. The van der Waals surface area contributed by atoms with E-state index in [9.17, 15) is 13.6 Å². The van der Waals surface area contributed by atoms with Gasteiger partial charge >= 0.3 is 0 Å². The van der Waals surface area contributed by atoms with Gasteiger partial charge in [0.15, 0.2) is 0 Å². The molecule has 0 bridgehead atoms. The molecule has 0 atom stereocenters. The van der Waals surface area contributed by atoms with Gasteiger partial charge in [-0.05, 0) is 38.3 Å². The third-order valence-corrected chi connectivity index (χ3v) is 6.25. The number of nitrogens with zero attached hydrogens (tertiary/aromatic N) is 5. The average Bonchev–Trinajstić information content (AvgIpc) is 3.27. The number of hydrogen-bond acceptors (Lipinski definition) is 5. The molecule has 1 aliphatic rings. The number of carbonyl (C=O) groups excluding carboxylic acids is 1. The molecule has 1 amide bonds. The number of hydrogen-bond donors (Lipinski definition) is 0. The van der Waals surface area contributed by atoms with Gasteiger partial charge in [0, 0.05) is 35.0 Å². The zero-order chi connectivity index (χ0) is 19.1. The molecule has 1 saturated heterocycles. The normalized spacial score (nSPS) is 15.8. The van der Waals surface area contributed by atoms with Crippen molar-refractivity contribution in [3.05, 3.63) is 45.2 Å². The Labute approximate surface area is 158 Å². The van der Waals surface area contributed by atoms with Crippen LogP contribution in [0.4, 0.5) is 8.78 Å². The summed E-state index contributed by atoms with van der Waals surface area (Å²) in [5.41, 5.74) is 2.20. The molecule has 3 aromatic heterocycles. The van der Waals surface area contributed by atoms with Gasteiger partial charge < -0.3 is 4.90 Å². The van der Waals surface area contributed by atoms with Crippen LogP contribution >= 0.6 is 11.3 Å². The Kier molecular flexibility index (Phi) is 4.63. The molecule has 0 unspecified atom stereocenters. The lowest BCUT2D eigenvalue weighted by atomic mass is 9.92. The number of fused-ring (bicyclic) bond motifs is 1. The van der Waals surface area contributed by atoms with Gasteiger partial charge in [-0.15, -0.1) is 11.3 Å². The highest BCUT2D eigenvalue weighted by Gasteiger charge is 2.28. The third-order valence-electron chi connectivity index (χ3n) is 5.24. The van der Waals surface area contributed by atoms with E-state index in [-0.39, 0.29) is 23.3 Å². The van der Waals surface area contributed by atoms with E-state index in [1.54, 1.807) is 11.3 Å². The van der Waals surface area contributed by atoms with Gasteiger partial charge in [0.25, 0.3) is 18.1 Å². The van der Waals surface area contributed by atoms with Gasteiger partial charge in [-0.1, -0.05) is 0 Å². The Morgan fingerprint density at radius 1 is 1.30 bits per heavy atom. The number of carbonyl (C=O) groups is 1. The van der Waals surface area contributed by atoms with Gasteiger partial charge in [0.1, 0.15) is 12.0 Å². The smallest absolute Gasteiger partial charge is 0.280 e. The monoisotopic (exact) mass is 391 g/mol. The third kappa shape index (κ3) is 3.20. The van der Waals surface area contributed by atoms with Gasteiger partial charge in [-0.3, -0.25) is 4.79 Å². The Morgan fingerprint density at radius 3 is 2.67 bits per heavy atom. The van der Waals surface area contributed by atoms with Crippen LogP contribution < -0.4 is 0 Å². The van der Waals surface area contributed by atoms with E-state index in [1.807, 2.05) is 24.1 Å². The average molecular weight is 391 g/mol. The van der Waals surface area contributed by atoms with Gasteiger partial charge in [-0.25, -0.2) is 13.8 Å². The van der Waals surface area contributed by atoms with Crippen LogP contribution in [0.3, 0.4) is 0 Å². The molecule has 9 heteroatoms. The van der Waals surface area contributed by atoms with E-state index >= 15 is 0 Å². The van der Waals surface area contributed by atoms with Crippen molar-refractivity contribution in [1.29, 1.82) is 0 Å². The first-order chi connectivity index (χ1) is 13.0. The summed E-state index contributed by atoms with van der Waals surface area (Å²) >= 11 is 1.58. The largest absolute Gasteiger partial charge is 0.339 e. The molecule has 0 spiro atoms. The second kappa shape index (κ2) is 6.95. The number of amides is 1. The predicted octanol–water partition coefficient (Wildman–Crippen LogP) is 3.76. The topological polar surface area (TPSA) is 63.4 Å². The summed E-state index contributed by atoms with van der Waals surface area (Å²) < 4.78 is 27.8. The fourth-order valence-corrected chi connectivity index (χ4v) is 4.35. The maximum Gasteiger partial charge on any atom is 0.280 e. The minimum Gasteiger partial charge on any atom is -0.339 e. The number of halogens is 2. The first kappa shape index (κ1) is 18.0. The number of alkyl halides is 2. The van der Waals surface area contributed by atoms with Crippen LogP contribution in [-0.4, -0.2) is 43.5 Å². The van der Waals surface area contributed by atoms with Crippen LogP contribution in [0.15, 0.2) is 17.8 Å². The Morgan fingerprint density at radius 2 is 2.04 bits per heavy atom. The van der Waals surface area contributed by atoms with Crippen molar-refractivity contribution < 1.29 is 13.6 Å². The van der Waals surface area contributed by atoms with Crippen LogP contribution in [0.5, 0.6) is 0 Å².